The van der Waals surface area contributed by atoms with Gasteiger partial charge in [-0.1, -0.05) is 0 Å². The van der Waals surface area contributed by atoms with Crippen molar-refractivity contribution < 1.29 is 9.53 Å². The van der Waals surface area contributed by atoms with Crippen LogP contribution >= 0.6 is 0 Å². The third-order valence-electron chi connectivity index (χ3n) is 2.91. The van der Waals surface area contributed by atoms with Crippen molar-refractivity contribution in [1.29, 1.82) is 0 Å². The Morgan fingerprint density at radius 3 is 2.43 bits per heavy atom. The van der Waals surface area contributed by atoms with Crippen LogP contribution in [0.3, 0.4) is 0 Å². The number of nitrogens with zero attached hydrogens (tertiary/aromatic N) is 1. The molecule has 3 heteroatoms. The van der Waals surface area contributed by atoms with Crippen LogP contribution in [-0.2, 0) is 9.53 Å². The summed E-state index contributed by atoms with van der Waals surface area (Å²) in [5, 5.41) is 0. The summed E-state index contributed by atoms with van der Waals surface area (Å²) in [7, 11) is 0. The molecular weight excluding hydrogens is 178 g/mol. The monoisotopic (exact) mass is 199 g/mol. The highest BCUT2D eigenvalue weighted by Gasteiger charge is 2.28. The van der Waals surface area contributed by atoms with Gasteiger partial charge in [0, 0.05) is 18.7 Å². The number of hydrogen-bond donors (Lipinski definition) is 0. The lowest BCUT2D eigenvalue weighted by atomic mass is 9.97. The van der Waals surface area contributed by atoms with Crippen LogP contribution in [0.2, 0.25) is 0 Å². The van der Waals surface area contributed by atoms with Crippen molar-refractivity contribution in [2.45, 2.75) is 52.1 Å². The molecule has 1 amide bonds. The smallest absolute Gasteiger partial charge is 0.249 e. The van der Waals surface area contributed by atoms with E-state index in [0.29, 0.717) is 18.7 Å². The standard InChI is InChI=1S/C11H21NO2/c1-4-14-8-11(13)12-9(2)6-5-7-10(12)3/h9-10H,4-8H2,1-3H3/t9-,10+. The second kappa shape index (κ2) is 5.35. The van der Waals surface area contributed by atoms with Crippen LogP contribution in [0, 0.1) is 0 Å². The summed E-state index contributed by atoms with van der Waals surface area (Å²) in [5.74, 6) is 0.145. The first-order valence-electron chi connectivity index (χ1n) is 5.55. The average molecular weight is 199 g/mol. The molecule has 1 aliphatic heterocycles. The number of carbonyl (C=O) groups excluding carboxylic acids is 1. The van der Waals surface area contributed by atoms with Gasteiger partial charge in [0.25, 0.3) is 0 Å². The lowest BCUT2D eigenvalue weighted by molar-refractivity contribution is -0.142. The molecule has 0 saturated carbocycles. The Morgan fingerprint density at radius 2 is 1.93 bits per heavy atom. The molecule has 3 nitrogen and oxygen atoms in total. The van der Waals surface area contributed by atoms with E-state index >= 15 is 0 Å². The van der Waals surface area contributed by atoms with E-state index in [1.54, 1.807) is 0 Å². The molecule has 1 saturated heterocycles. The van der Waals surface area contributed by atoms with E-state index in [4.69, 9.17) is 4.74 Å². The zero-order chi connectivity index (χ0) is 10.6. The predicted molar refractivity (Wildman–Crippen MR) is 56.1 cm³/mol. The van der Waals surface area contributed by atoms with Crippen molar-refractivity contribution in [3.8, 4) is 0 Å². The number of rotatable bonds is 3. The Hall–Kier alpha value is -0.570. The maximum absolute atomic E-state index is 11.8. The van der Waals surface area contributed by atoms with Gasteiger partial charge in [-0.2, -0.15) is 0 Å². The Bertz CT molecular complexity index is 184. The molecule has 1 rings (SSSR count). The zero-order valence-electron chi connectivity index (χ0n) is 9.45. The largest absolute Gasteiger partial charge is 0.372 e. The fourth-order valence-corrected chi connectivity index (χ4v) is 2.18. The summed E-state index contributed by atoms with van der Waals surface area (Å²) in [6.07, 6.45) is 3.49. The van der Waals surface area contributed by atoms with Crippen molar-refractivity contribution in [2.24, 2.45) is 0 Å². The number of ether oxygens (including phenoxy) is 1. The SMILES string of the molecule is CCOCC(=O)N1[C@H](C)CCC[C@@H]1C. The normalized spacial score (nSPS) is 27.8. The molecule has 1 aliphatic rings. The van der Waals surface area contributed by atoms with Gasteiger partial charge in [0.2, 0.25) is 5.91 Å². The van der Waals surface area contributed by atoms with Crippen LogP contribution in [0.25, 0.3) is 0 Å². The van der Waals surface area contributed by atoms with Gasteiger partial charge in [-0.25, -0.2) is 0 Å². The van der Waals surface area contributed by atoms with Crippen LogP contribution < -0.4 is 0 Å². The van der Waals surface area contributed by atoms with Crippen molar-refractivity contribution in [3.05, 3.63) is 0 Å². The molecule has 0 bridgehead atoms. The molecule has 1 fully saturated rings. The number of piperidine rings is 1. The third-order valence-corrected chi connectivity index (χ3v) is 2.91. The van der Waals surface area contributed by atoms with Crippen molar-refractivity contribution in [1.82, 2.24) is 4.90 Å². The Labute approximate surface area is 86.4 Å². The highest BCUT2D eigenvalue weighted by molar-refractivity contribution is 5.78. The Morgan fingerprint density at radius 1 is 1.36 bits per heavy atom. The molecule has 0 aromatic rings. The van der Waals surface area contributed by atoms with Crippen LogP contribution in [0.1, 0.15) is 40.0 Å². The van der Waals surface area contributed by atoms with Crippen molar-refractivity contribution >= 4 is 5.91 Å². The van der Waals surface area contributed by atoms with Gasteiger partial charge in [-0.15, -0.1) is 0 Å². The molecule has 0 unspecified atom stereocenters. The maximum atomic E-state index is 11.8. The first kappa shape index (κ1) is 11.5. The highest BCUT2D eigenvalue weighted by atomic mass is 16.5. The fraction of sp³-hybridized carbons (Fsp3) is 0.909. The predicted octanol–water partition coefficient (Wildman–Crippen LogP) is 1.81. The lowest BCUT2D eigenvalue weighted by Crippen LogP contribution is -2.48. The summed E-state index contributed by atoms with van der Waals surface area (Å²) in [4.78, 5) is 13.8. The summed E-state index contributed by atoms with van der Waals surface area (Å²) in [5.41, 5.74) is 0. The van der Waals surface area contributed by atoms with Crippen molar-refractivity contribution in [3.63, 3.8) is 0 Å². The molecule has 82 valence electrons. The minimum Gasteiger partial charge on any atom is -0.372 e. The van der Waals surface area contributed by atoms with E-state index in [9.17, 15) is 4.79 Å². The molecule has 0 aromatic heterocycles. The van der Waals surface area contributed by atoms with Gasteiger partial charge in [-0.3, -0.25) is 4.79 Å². The molecule has 0 spiro atoms. The van der Waals surface area contributed by atoms with E-state index < -0.39 is 0 Å². The molecule has 1 heterocycles. The van der Waals surface area contributed by atoms with E-state index in [-0.39, 0.29) is 12.5 Å². The Balaban J connectivity index is 2.49. The zero-order valence-corrected chi connectivity index (χ0v) is 9.45. The average Bonchev–Trinajstić information content (AvgIpc) is 2.14. The molecule has 0 N–H and O–H groups in total. The molecule has 0 aromatic carbocycles. The number of hydrogen-bond acceptors (Lipinski definition) is 2. The van der Waals surface area contributed by atoms with Crippen LogP contribution in [0.15, 0.2) is 0 Å². The van der Waals surface area contributed by atoms with Gasteiger partial charge in [0.1, 0.15) is 6.61 Å². The van der Waals surface area contributed by atoms with E-state index in [1.165, 1.54) is 6.42 Å². The summed E-state index contributed by atoms with van der Waals surface area (Å²) >= 11 is 0. The van der Waals surface area contributed by atoms with E-state index in [0.717, 1.165) is 12.8 Å². The third kappa shape index (κ3) is 2.71. The second-order valence-corrected chi connectivity index (χ2v) is 4.07. The van der Waals surface area contributed by atoms with Gasteiger partial charge in [0.05, 0.1) is 0 Å². The molecule has 0 aliphatic carbocycles. The maximum Gasteiger partial charge on any atom is 0.249 e. The first-order valence-corrected chi connectivity index (χ1v) is 5.55. The minimum absolute atomic E-state index is 0.145. The number of likely N-dealkylation sites (tertiary alicyclic amines) is 1. The molecule has 2 atom stereocenters. The van der Waals surface area contributed by atoms with Gasteiger partial charge in [-0.05, 0) is 40.0 Å². The summed E-state index contributed by atoms with van der Waals surface area (Å²) in [6.45, 7) is 7.02. The van der Waals surface area contributed by atoms with Crippen LogP contribution in [0.4, 0.5) is 0 Å². The molecule has 0 radical (unpaired) electrons. The molecular formula is C11H21NO2. The van der Waals surface area contributed by atoms with Gasteiger partial charge in [0.15, 0.2) is 0 Å². The quantitative estimate of drug-likeness (QED) is 0.694. The fourth-order valence-electron chi connectivity index (χ4n) is 2.18. The highest BCUT2D eigenvalue weighted by Crippen LogP contribution is 2.22. The minimum atomic E-state index is 0.145. The van der Waals surface area contributed by atoms with Gasteiger partial charge < -0.3 is 9.64 Å². The number of amides is 1. The Kier molecular flexibility index (Phi) is 4.39. The van der Waals surface area contributed by atoms with Gasteiger partial charge >= 0.3 is 0 Å². The van der Waals surface area contributed by atoms with Crippen LogP contribution in [-0.4, -0.2) is 36.1 Å². The molecule has 14 heavy (non-hydrogen) atoms. The topological polar surface area (TPSA) is 29.5 Å². The van der Waals surface area contributed by atoms with E-state index in [1.807, 2.05) is 11.8 Å². The summed E-state index contributed by atoms with van der Waals surface area (Å²) < 4.78 is 5.15. The first-order chi connectivity index (χ1) is 6.66. The van der Waals surface area contributed by atoms with E-state index in [2.05, 4.69) is 13.8 Å². The second-order valence-electron chi connectivity index (χ2n) is 4.07. The summed E-state index contributed by atoms with van der Waals surface area (Å²) in [6, 6.07) is 0.762. The lowest BCUT2D eigenvalue weighted by Gasteiger charge is -2.39. The number of carbonyl (C=O) groups is 1. The van der Waals surface area contributed by atoms with Crippen LogP contribution in [0.5, 0.6) is 0 Å². The van der Waals surface area contributed by atoms with Crippen molar-refractivity contribution in [2.75, 3.05) is 13.2 Å².